The summed E-state index contributed by atoms with van der Waals surface area (Å²) in [5.74, 6) is -4.02. The Morgan fingerprint density at radius 1 is 1.04 bits per heavy atom. The molecule has 1 aliphatic rings. The van der Waals surface area contributed by atoms with Gasteiger partial charge >= 0.3 is 7.60 Å². The van der Waals surface area contributed by atoms with Crippen molar-refractivity contribution in [2.45, 2.75) is 77.3 Å². The van der Waals surface area contributed by atoms with Gasteiger partial charge in [0, 0.05) is 14.2 Å². The Balaban J connectivity index is 3.04. The van der Waals surface area contributed by atoms with Gasteiger partial charge in [-0.1, -0.05) is 0 Å². The fraction of sp³-hybridized carbons (Fsp3) is 1.00. The second-order valence-corrected chi connectivity index (χ2v) is 8.56. The number of rotatable bonds is 8. The van der Waals surface area contributed by atoms with Crippen molar-refractivity contribution in [3.8, 4) is 0 Å². The summed E-state index contributed by atoms with van der Waals surface area (Å²) in [6.45, 7) is 10.1. The van der Waals surface area contributed by atoms with Crippen LogP contribution in [-0.2, 0) is 32.6 Å². The minimum Gasteiger partial charge on any atom is -0.378 e. The lowest BCUT2D eigenvalue weighted by Gasteiger charge is -2.50. The van der Waals surface area contributed by atoms with Crippen molar-refractivity contribution in [1.29, 1.82) is 0 Å². The third kappa shape index (κ3) is 4.56. The molecule has 0 aromatic rings. The zero-order chi connectivity index (χ0) is 18.8. The molecule has 0 aliphatic carbocycles. The molecule has 0 aromatic carbocycles. The Bertz CT molecular complexity index is 443. The van der Waals surface area contributed by atoms with Crippen LogP contribution in [0.5, 0.6) is 0 Å². The van der Waals surface area contributed by atoms with E-state index in [2.05, 4.69) is 0 Å². The lowest BCUT2D eigenvalue weighted by atomic mass is 10.1. The molecule has 1 aliphatic heterocycles. The fourth-order valence-electron chi connectivity index (χ4n) is 2.37. The Morgan fingerprint density at radius 3 is 1.88 bits per heavy atom. The van der Waals surface area contributed by atoms with E-state index in [9.17, 15) is 9.67 Å². The highest BCUT2D eigenvalue weighted by Crippen LogP contribution is 2.56. The summed E-state index contributed by atoms with van der Waals surface area (Å²) in [5.41, 5.74) is 0. The minimum atomic E-state index is -3.85. The van der Waals surface area contributed by atoms with Crippen LogP contribution in [0.3, 0.4) is 0 Å². The van der Waals surface area contributed by atoms with Gasteiger partial charge in [0.25, 0.3) is 0 Å². The Labute approximate surface area is 144 Å². The molecule has 0 aromatic heterocycles. The van der Waals surface area contributed by atoms with E-state index in [1.165, 1.54) is 14.2 Å². The molecule has 144 valence electrons. The van der Waals surface area contributed by atoms with Gasteiger partial charge in [-0.15, -0.1) is 0 Å². The van der Waals surface area contributed by atoms with Crippen LogP contribution in [0.4, 0.5) is 0 Å². The molecule has 24 heavy (non-hydrogen) atoms. The summed E-state index contributed by atoms with van der Waals surface area (Å²) < 4.78 is 46.2. The molecule has 0 unspecified atom stereocenters. The largest absolute Gasteiger partial charge is 0.378 e. The molecule has 0 spiro atoms. The Hall–Kier alpha value is -0.0500. The van der Waals surface area contributed by atoms with Crippen molar-refractivity contribution in [2.24, 2.45) is 0 Å². The highest BCUT2D eigenvalue weighted by atomic mass is 31.2. The SMILES string of the molecule is CO[C@]1(C)OC[C@H]([C@@H](O)P(=O)(OC(C)C)OC(C)C)O[C@@]1(C)OC. The number of methoxy groups -OCH3 is 2. The van der Waals surface area contributed by atoms with Crippen molar-refractivity contribution in [3.05, 3.63) is 0 Å². The number of aliphatic hydroxyl groups excluding tert-OH is 1. The molecule has 4 atom stereocenters. The average molecular weight is 370 g/mol. The van der Waals surface area contributed by atoms with Crippen LogP contribution in [0.15, 0.2) is 0 Å². The van der Waals surface area contributed by atoms with Crippen molar-refractivity contribution in [3.63, 3.8) is 0 Å². The topological polar surface area (TPSA) is 92.7 Å². The fourth-order valence-corrected chi connectivity index (χ4v) is 4.40. The summed E-state index contributed by atoms with van der Waals surface area (Å²) in [4.78, 5) is 0. The van der Waals surface area contributed by atoms with Crippen LogP contribution in [0.2, 0.25) is 0 Å². The van der Waals surface area contributed by atoms with Crippen molar-refractivity contribution >= 4 is 7.60 Å². The van der Waals surface area contributed by atoms with E-state index in [-0.39, 0.29) is 6.61 Å². The summed E-state index contributed by atoms with van der Waals surface area (Å²) >= 11 is 0. The lowest BCUT2D eigenvalue weighted by Crippen LogP contribution is -2.64. The molecule has 0 bridgehead atoms. The van der Waals surface area contributed by atoms with Gasteiger partial charge < -0.3 is 33.1 Å². The normalized spacial score (nSPS) is 33.2. The van der Waals surface area contributed by atoms with Crippen LogP contribution in [0.1, 0.15) is 41.5 Å². The summed E-state index contributed by atoms with van der Waals surface area (Å²) in [6, 6.07) is 0. The summed E-state index contributed by atoms with van der Waals surface area (Å²) in [6.07, 6.45) is -1.76. The molecule has 0 amide bonds. The van der Waals surface area contributed by atoms with Gasteiger partial charge in [-0.3, -0.25) is 4.57 Å². The number of aliphatic hydroxyl groups is 1. The molecule has 1 heterocycles. The highest BCUT2D eigenvalue weighted by molar-refractivity contribution is 7.54. The van der Waals surface area contributed by atoms with Gasteiger partial charge in [0.1, 0.15) is 6.10 Å². The third-order valence-electron chi connectivity index (χ3n) is 3.88. The van der Waals surface area contributed by atoms with Gasteiger partial charge in [-0.05, 0) is 41.5 Å². The summed E-state index contributed by atoms with van der Waals surface area (Å²) in [7, 11) is -0.955. The third-order valence-corrected chi connectivity index (χ3v) is 6.29. The number of ether oxygens (including phenoxy) is 4. The molecular formula is C15H31O8P. The van der Waals surface area contributed by atoms with E-state index in [0.29, 0.717) is 0 Å². The first-order valence-electron chi connectivity index (χ1n) is 7.99. The maximum Gasteiger partial charge on any atom is 0.362 e. The number of hydrogen-bond donors (Lipinski definition) is 1. The molecule has 8 nitrogen and oxygen atoms in total. The van der Waals surface area contributed by atoms with Crippen molar-refractivity contribution < 1.29 is 37.7 Å². The second kappa shape index (κ2) is 8.10. The predicted octanol–water partition coefficient (Wildman–Crippen LogP) is 2.49. The van der Waals surface area contributed by atoms with E-state index >= 15 is 0 Å². The monoisotopic (exact) mass is 370 g/mol. The van der Waals surface area contributed by atoms with E-state index in [1.54, 1.807) is 41.5 Å². The zero-order valence-corrected chi connectivity index (χ0v) is 16.7. The van der Waals surface area contributed by atoms with Crippen molar-refractivity contribution in [2.75, 3.05) is 20.8 Å². The molecule has 0 radical (unpaired) electrons. The van der Waals surface area contributed by atoms with Crippen LogP contribution in [-0.4, -0.2) is 61.7 Å². The second-order valence-electron chi connectivity index (χ2n) is 6.53. The van der Waals surface area contributed by atoms with Crippen LogP contribution in [0, 0.1) is 0 Å². The van der Waals surface area contributed by atoms with Gasteiger partial charge in [0.05, 0.1) is 18.8 Å². The minimum absolute atomic E-state index is 0.0582. The molecule has 1 N–H and O–H groups in total. The molecule has 0 saturated carbocycles. The standard InChI is InChI=1S/C15H31O8P/c1-10(2)22-24(17,23-11(3)4)13(16)12-9-20-14(5,18-7)15(6,19-8)21-12/h10-13,16H,9H2,1-8H3/t12-,13+,14-,15-/m1/s1. The van der Waals surface area contributed by atoms with Gasteiger partial charge in [0.15, 0.2) is 5.85 Å². The molecule has 1 fully saturated rings. The molecule has 9 heteroatoms. The van der Waals surface area contributed by atoms with Crippen molar-refractivity contribution in [1.82, 2.24) is 0 Å². The zero-order valence-electron chi connectivity index (χ0n) is 15.8. The van der Waals surface area contributed by atoms with E-state index < -0.39 is 43.3 Å². The van der Waals surface area contributed by atoms with E-state index in [1.807, 2.05) is 0 Å². The molecular weight excluding hydrogens is 339 g/mol. The van der Waals surface area contributed by atoms with Crippen LogP contribution >= 0.6 is 7.60 Å². The maximum absolute atomic E-state index is 13.1. The smallest absolute Gasteiger partial charge is 0.362 e. The van der Waals surface area contributed by atoms with E-state index in [4.69, 9.17) is 28.0 Å². The van der Waals surface area contributed by atoms with Crippen LogP contribution < -0.4 is 0 Å². The van der Waals surface area contributed by atoms with Gasteiger partial charge in [-0.2, -0.15) is 0 Å². The number of hydrogen-bond acceptors (Lipinski definition) is 8. The van der Waals surface area contributed by atoms with Gasteiger partial charge in [-0.25, -0.2) is 0 Å². The van der Waals surface area contributed by atoms with Crippen LogP contribution in [0.25, 0.3) is 0 Å². The van der Waals surface area contributed by atoms with E-state index in [0.717, 1.165) is 0 Å². The Morgan fingerprint density at radius 2 is 1.50 bits per heavy atom. The summed E-state index contributed by atoms with van der Waals surface area (Å²) in [5, 5.41) is 10.6. The average Bonchev–Trinajstić information content (AvgIpc) is 2.47. The molecule has 1 rings (SSSR count). The first-order valence-corrected chi connectivity index (χ1v) is 9.61. The lowest BCUT2D eigenvalue weighted by molar-refractivity contribution is -0.434. The molecule has 1 saturated heterocycles. The quantitative estimate of drug-likeness (QED) is 0.652. The first kappa shape index (κ1) is 22.0. The van der Waals surface area contributed by atoms with Gasteiger partial charge in [0.2, 0.25) is 11.6 Å². The highest BCUT2D eigenvalue weighted by Gasteiger charge is 2.57. The Kier molecular flexibility index (Phi) is 7.42. The maximum atomic E-state index is 13.1. The predicted molar refractivity (Wildman–Crippen MR) is 87.7 cm³/mol. The first-order chi connectivity index (χ1) is 10.9.